The van der Waals surface area contributed by atoms with E-state index in [4.69, 9.17) is 16.7 Å². The number of carbonyl (C=O) groups excluding carboxylic acids is 1. The molecular formula is C13H10BrClN2O3. The Morgan fingerprint density at radius 2 is 2.10 bits per heavy atom. The zero-order chi connectivity index (χ0) is 14.9. The van der Waals surface area contributed by atoms with E-state index in [1.165, 1.54) is 6.20 Å². The Morgan fingerprint density at radius 1 is 1.40 bits per heavy atom. The Kier molecular flexibility index (Phi) is 4.15. The number of aromatic carboxylic acids is 1. The summed E-state index contributed by atoms with van der Waals surface area (Å²) >= 11 is 9.26. The van der Waals surface area contributed by atoms with E-state index < -0.39 is 11.9 Å². The number of carboxylic acids is 1. The van der Waals surface area contributed by atoms with E-state index in [0.29, 0.717) is 10.2 Å². The maximum atomic E-state index is 12.1. The van der Waals surface area contributed by atoms with Crippen LogP contribution in [0.5, 0.6) is 0 Å². The summed E-state index contributed by atoms with van der Waals surface area (Å²) in [5.74, 6) is -1.59. The quantitative estimate of drug-likeness (QED) is 0.783. The molecule has 7 heteroatoms. The number of aromatic nitrogens is 1. The summed E-state index contributed by atoms with van der Waals surface area (Å²) in [6, 6.07) is 4.94. The molecule has 3 N–H and O–H groups in total. The molecule has 0 unspecified atom stereocenters. The van der Waals surface area contributed by atoms with Crippen molar-refractivity contribution in [1.82, 2.24) is 4.98 Å². The lowest BCUT2D eigenvalue weighted by atomic mass is 10.2. The lowest BCUT2D eigenvalue weighted by Crippen LogP contribution is -2.14. The molecule has 104 valence electrons. The smallest absolute Gasteiger partial charge is 0.339 e. The monoisotopic (exact) mass is 356 g/mol. The Labute approximate surface area is 128 Å². The molecule has 0 saturated heterocycles. The highest BCUT2D eigenvalue weighted by Crippen LogP contribution is 2.27. The number of hydrogen-bond donors (Lipinski definition) is 3. The average Bonchev–Trinajstić information content (AvgIpc) is 2.73. The molecule has 1 aromatic carbocycles. The molecule has 1 heterocycles. The molecule has 5 nitrogen and oxygen atoms in total. The second-order valence-electron chi connectivity index (χ2n) is 4.06. The predicted octanol–water partition coefficient (Wildman–Crippen LogP) is 3.69. The molecule has 0 aliphatic heterocycles. The number of amides is 1. The molecular weight excluding hydrogens is 348 g/mol. The average molecular weight is 358 g/mol. The van der Waals surface area contributed by atoms with E-state index in [2.05, 4.69) is 26.2 Å². The number of H-pyrrole nitrogens is 1. The summed E-state index contributed by atoms with van der Waals surface area (Å²) in [7, 11) is 0. The summed E-state index contributed by atoms with van der Waals surface area (Å²) in [6.45, 7) is 1.62. The third kappa shape index (κ3) is 2.71. The highest BCUT2D eigenvalue weighted by Gasteiger charge is 2.19. The van der Waals surface area contributed by atoms with Crippen LogP contribution < -0.4 is 5.32 Å². The molecule has 0 fully saturated rings. The van der Waals surface area contributed by atoms with Gasteiger partial charge in [-0.2, -0.15) is 0 Å². The van der Waals surface area contributed by atoms with E-state index in [9.17, 15) is 9.59 Å². The van der Waals surface area contributed by atoms with Crippen LogP contribution in [0.4, 0.5) is 5.69 Å². The third-order valence-electron chi connectivity index (χ3n) is 2.74. The van der Waals surface area contributed by atoms with Crippen LogP contribution in [0, 0.1) is 6.92 Å². The van der Waals surface area contributed by atoms with E-state index in [1.807, 2.05) is 0 Å². The maximum absolute atomic E-state index is 12.1. The highest BCUT2D eigenvalue weighted by atomic mass is 79.9. The van der Waals surface area contributed by atoms with E-state index >= 15 is 0 Å². The number of benzene rings is 1. The minimum Gasteiger partial charge on any atom is -0.478 e. The van der Waals surface area contributed by atoms with Gasteiger partial charge in [-0.25, -0.2) is 4.79 Å². The van der Waals surface area contributed by atoms with E-state index in [0.717, 1.165) is 0 Å². The van der Waals surface area contributed by atoms with Gasteiger partial charge in [0.2, 0.25) is 0 Å². The van der Waals surface area contributed by atoms with Crippen molar-refractivity contribution in [2.45, 2.75) is 6.92 Å². The number of carbonyl (C=O) groups is 2. The van der Waals surface area contributed by atoms with Gasteiger partial charge in [0.05, 0.1) is 16.3 Å². The Hall–Kier alpha value is -1.79. The summed E-state index contributed by atoms with van der Waals surface area (Å²) in [4.78, 5) is 26.0. The van der Waals surface area contributed by atoms with Crippen LogP contribution >= 0.6 is 27.5 Å². The fraction of sp³-hybridized carbons (Fsp3) is 0.0769. The van der Waals surface area contributed by atoms with E-state index in [1.54, 1.807) is 25.1 Å². The standard InChI is InChI=1S/C13H10BrClN2O3/c1-6-10(13(19)20)9(5-16-6)17-12(18)7-3-2-4-8(14)11(7)15/h2-5,16H,1H3,(H,17,18)(H,19,20). The van der Waals surface area contributed by atoms with Crippen LogP contribution in [-0.4, -0.2) is 22.0 Å². The van der Waals surface area contributed by atoms with Crippen molar-refractivity contribution in [2.75, 3.05) is 5.32 Å². The van der Waals surface area contributed by atoms with Crippen molar-refractivity contribution >= 4 is 45.1 Å². The van der Waals surface area contributed by atoms with Crippen LogP contribution in [-0.2, 0) is 0 Å². The molecule has 0 atom stereocenters. The molecule has 0 aliphatic rings. The zero-order valence-corrected chi connectivity index (χ0v) is 12.7. The van der Waals surface area contributed by atoms with Crippen molar-refractivity contribution in [2.24, 2.45) is 0 Å². The van der Waals surface area contributed by atoms with Gasteiger partial charge >= 0.3 is 5.97 Å². The third-order valence-corrected chi connectivity index (χ3v) is 4.03. The van der Waals surface area contributed by atoms with Gasteiger partial charge in [0.1, 0.15) is 5.56 Å². The van der Waals surface area contributed by atoms with Crippen LogP contribution in [0.25, 0.3) is 0 Å². The summed E-state index contributed by atoms with van der Waals surface area (Å²) in [5, 5.41) is 11.9. The SMILES string of the molecule is Cc1[nH]cc(NC(=O)c2cccc(Br)c2Cl)c1C(=O)O. The second kappa shape index (κ2) is 5.68. The molecule has 20 heavy (non-hydrogen) atoms. The van der Waals surface area contributed by atoms with Crippen molar-refractivity contribution < 1.29 is 14.7 Å². The number of anilines is 1. The number of hydrogen-bond acceptors (Lipinski definition) is 2. The van der Waals surface area contributed by atoms with Gasteiger partial charge in [-0.05, 0) is 35.0 Å². The first-order valence-corrected chi connectivity index (χ1v) is 6.75. The van der Waals surface area contributed by atoms with Crippen LogP contribution in [0.3, 0.4) is 0 Å². The second-order valence-corrected chi connectivity index (χ2v) is 5.30. The molecule has 1 aromatic heterocycles. The molecule has 1 amide bonds. The van der Waals surface area contributed by atoms with Crippen LogP contribution in [0.2, 0.25) is 5.02 Å². The van der Waals surface area contributed by atoms with Gasteiger partial charge in [0.25, 0.3) is 5.91 Å². The number of halogens is 2. The number of nitrogens with one attached hydrogen (secondary N) is 2. The van der Waals surface area contributed by atoms with Crippen LogP contribution in [0.15, 0.2) is 28.9 Å². The fourth-order valence-corrected chi connectivity index (χ4v) is 2.35. The summed E-state index contributed by atoms with van der Waals surface area (Å²) < 4.78 is 0.593. The van der Waals surface area contributed by atoms with Crippen molar-refractivity contribution in [1.29, 1.82) is 0 Å². The van der Waals surface area contributed by atoms with Crippen LogP contribution in [0.1, 0.15) is 26.4 Å². The van der Waals surface area contributed by atoms with Crippen molar-refractivity contribution in [3.8, 4) is 0 Å². The predicted molar refractivity (Wildman–Crippen MR) is 79.6 cm³/mol. The summed E-state index contributed by atoms with van der Waals surface area (Å²) in [5.41, 5.74) is 0.963. The lowest BCUT2D eigenvalue weighted by Gasteiger charge is -2.07. The van der Waals surface area contributed by atoms with E-state index in [-0.39, 0.29) is 21.8 Å². The molecule has 0 radical (unpaired) electrons. The van der Waals surface area contributed by atoms with Gasteiger partial charge in [-0.3, -0.25) is 4.79 Å². The molecule has 0 spiro atoms. The Balaban J connectivity index is 2.33. The van der Waals surface area contributed by atoms with Gasteiger partial charge in [0.15, 0.2) is 0 Å². The van der Waals surface area contributed by atoms with Gasteiger partial charge in [0, 0.05) is 16.4 Å². The Bertz CT molecular complexity index is 697. The number of aryl methyl sites for hydroxylation is 1. The fourth-order valence-electron chi connectivity index (χ4n) is 1.77. The first-order valence-electron chi connectivity index (χ1n) is 5.58. The lowest BCUT2D eigenvalue weighted by molar-refractivity contribution is 0.0697. The van der Waals surface area contributed by atoms with Gasteiger partial charge in [-0.15, -0.1) is 0 Å². The molecule has 2 aromatic rings. The van der Waals surface area contributed by atoms with Crippen molar-refractivity contribution in [3.05, 3.63) is 50.7 Å². The first kappa shape index (κ1) is 14.6. The number of aromatic amines is 1. The highest BCUT2D eigenvalue weighted by molar-refractivity contribution is 9.10. The molecule has 2 rings (SSSR count). The minimum atomic E-state index is -1.11. The zero-order valence-electron chi connectivity index (χ0n) is 10.3. The molecule has 0 saturated carbocycles. The number of rotatable bonds is 3. The van der Waals surface area contributed by atoms with Crippen molar-refractivity contribution in [3.63, 3.8) is 0 Å². The minimum absolute atomic E-state index is 0.0319. The maximum Gasteiger partial charge on any atom is 0.339 e. The largest absolute Gasteiger partial charge is 0.478 e. The Morgan fingerprint density at radius 3 is 2.75 bits per heavy atom. The molecule has 0 aliphatic carbocycles. The van der Waals surface area contributed by atoms with Gasteiger partial charge < -0.3 is 15.4 Å². The number of carboxylic acid groups (broad SMARTS) is 1. The normalized spacial score (nSPS) is 10.3. The van der Waals surface area contributed by atoms with Gasteiger partial charge in [-0.1, -0.05) is 17.7 Å². The molecule has 0 bridgehead atoms. The summed E-state index contributed by atoms with van der Waals surface area (Å²) in [6.07, 6.45) is 1.43. The topological polar surface area (TPSA) is 82.2 Å². The first-order chi connectivity index (χ1) is 9.41.